The van der Waals surface area contributed by atoms with Crippen molar-refractivity contribution in [2.45, 2.75) is 25.7 Å². The Labute approximate surface area is 78.1 Å². The van der Waals surface area contributed by atoms with E-state index < -0.39 is 0 Å². The predicted octanol–water partition coefficient (Wildman–Crippen LogP) is 1.93. The van der Waals surface area contributed by atoms with Crippen molar-refractivity contribution < 1.29 is 4.84 Å². The fourth-order valence-electron chi connectivity index (χ4n) is 1.74. The van der Waals surface area contributed by atoms with Crippen LogP contribution in [0.5, 0.6) is 0 Å². The number of anilines is 1. The maximum Gasteiger partial charge on any atom is 0.149 e. The first-order valence-corrected chi connectivity index (χ1v) is 4.68. The second kappa shape index (κ2) is 3.75. The highest BCUT2D eigenvalue weighted by Gasteiger charge is 2.10. The third kappa shape index (κ3) is 1.80. The Morgan fingerprint density at radius 3 is 3.00 bits per heavy atom. The molecule has 1 aliphatic rings. The molecule has 13 heavy (non-hydrogen) atoms. The highest BCUT2D eigenvalue weighted by molar-refractivity contribution is 5.37. The first-order chi connectivity index (χ1) is 6.40. The molecule has 1 aliphatic carbocycles. The lowest BCUT2D eigenvalue weighted by atomic mass is 9.96. The number of hydrogen-bond donors (Lipinski definition) is 1. The van der Waals surface area contributed by atoms with Crippen LogP contribution in [0.3, 0.4) is 0 Å². The van der Waals surface area contributed by atoms with Crippen LogP contribution in [0, 0.1) is 0 Å². The Morgan fingerprint density at radius 1 is 1.31 bits per heavy atom. The van der Waals surface area contributed by atoms with Crippen molar-refractivity contribution in [2.75, 3.05) is 12.6 Å². The van der Waals surface area contributed by atoms with Crippen molar-refractivity contribution in [1.82, 2.24) is 4.98 Å². The van der Waals surface area contributed by atoms with E-state index in [0.717, 1.165) is 12.2 Å². The minimum absolute atomic E-state index is 0.808. The first kappa shape index (κ1) is 8.51. The Morgan fingerprint density at radius 2 is 2.15 bits per heavy atom. The molecule has 3 nitrogen and oxygen atoms in total. The van der Waals surface area contributed by atoms with E-state index in [1.165, 1.54) is 30.5 Å². The number of fused-ring (bicyclic) bond motifs is 1. The van der Waals surface area contributed by atoms with Gasteiger partial charge in [-0.2, -0.15) is 0 Å². The van der Waals surface area contributed by atoms with Gasteiger partial charge in [0.05, 0.1) is 7.11 Å². The molecule has 0 radical (unpaired) electrons. The lowest BCUT2D eigenvalue weighted by Gasteiger charge is -2.15. The maximum absolute atomic E-state index is 4.81. The van der Waals surface area contributed by atoms with Crippen LogP contribution in [-0.2, 0) is 17.7 Å². The first-order valence-electron chi connectivity index (χ1n) is 4.68. The van der Waals surface area contributed by atoms with Crippen LogP contribution in [0.1, 0.15) is 24.1 Å². The number of nitrogens with zero attached hydrogens (tertiary/aromatic N) is 1. The average Bonchev–Trinajstić information content (AvgIpc) is 2.18. The molecule has 0 saturated carbocycles. The van der Waals surface area contributed by atoms with E-state index >= 15 is 0 Å². The minimum atomic E-state index is 0.808. The van der Waals surface area contributed by atoms with Gasteiger partial charge in [0, 0.05) is 5.69 Å². The third-order valence-corrected chi connectivity index (χ3v) is 2.38. The van der Waals surface area contributed by atoms with Gasteiger partial charge in [-0.3, -0.25) is 4.84 Å². The molecule has 0 aromatic carbocycles. The summed E-state index contributed by atoms with van der Waals surface area (Å²) < 4.78 is 0. The fraction of sp³-hybridized carbons (Fsp3) is 0.500. The summed E-state index contributed by atoms with van der Waals surface area (Å²) in [5, 5.41) is 0. The van der Waals surface area contributed by atoms with Gasteiger partial charge in [0.2, 0.25) is 0 Å². The van der Waals surface area contributed by atoms with E-state index in [1.54, 1.807) is 7.11 Å². The van der Waals surface area contributed by atoms with Crippen LogP contribution in [0.25, 0.3) is 0 Å². The van der Waals surface area contributed by atoms with Crippen LogP contribution in [-0.4, -0.2) is 12.1 Å². The maximum atomic E-state index is 4.81. The summed E-state index contributed by atoms with van der Waals surface area (Å²) in [5.74, 6) is 0.808. The molecule has 0 saturated heterocycles. The van der Waals surface area contributed by atoms with Gasteiger partial charge in [-0.25, -0.2) is 10.5 Å². The molecule has 2 rings (SSSR count). The van der Waals surface area contributed by atoms with Crippen molar-refractivity contribution in [3.63, 3.8) is 0 Å². The molecule has 1 heterocycles. The van der Waals surface area contributed by atoms with Crippen LogP contribution in [0.2, 0.25) is 0 Å². The summed E-state index contributed by atoms with van der Waals surface area (Å²) in [4.78, 5) is 9.27. The summed E-state index contributed by atoms with van der Waals surface area (Å²) >= 11 is 0. The summed E-state index contributed by atoms with van der Waals surface area (Å²) in [6.07, 6.45) is 4.84. The number of nitrogens with one attached hydrogen (secondary N) is 1. The Bertz CT molecular complexity index is 299. The van der Waals surface area contributed by atoms with E-state index in [9.17, 15) is 0 Å². The van der Waals surface area contributed by atoms with Crippen molar-refractivity contribution in [3.8, 4) is 0 Å². The molecule has 0 aliphatic heterocycles. The zero-order chi connectivity index (χ0) is 9.10. The third-order valence-electron chi connectivity index (χ3n) is 2.38. The standard InChI is InChI=1S/C10H14N2O/c1-13-12-10-7-6-8-4-2-3-5-9(8)11-10/h6-7H,2-5H2,1H3,(H,11,12). The molecule has 70 valence electrons. The van der Waals surface area contributed by atoms with E-state index in [4.69, 9.17) is 4.84 Å². The van der Waals surface area contributed by atoms with Gasteiger partial charge in [0.15, 0.2) is 0 Å². The van der Waals surface area contributed by atoms with Gasteiger partial charge in [-0.1, -0.05) is 6.07 Å². The number of rotatable bonds is 2. The Balaban J connectivity index is 2.24. The highest BCUT2D eigenvalue weighted by Crippen LogP contribution is 2.20. The lowest BCUT2D eigenvalue weighted by Crippen LogP contribution is -2.07. The molecule has 3 heteroatoms. The molecule has 1 aromatic heterocycles. The van der Waals surface area contributed by atoms with Gasteiger partial charge >= 0.3 is 0 Å². The molecule has 1 N–H and O–H groups in total. The van der Waals surface area contributed by atoms with Gasteiger partial charge in [0.1, 0.15) is 5.82 Å². The van der Waals surface area contributed by atoms with Crippen LogP contribution in [0.4, 0.5) is 5.82 Å². The summed E-state index contributed by atoms with van der Waals surface area (Å²) in [6, 6.07) is 4.11. The highest BCUT2D eigenvalue weighted by atomic mass is 16.6. The van der Waals surface area contributed by atoms with Gasteiger partial charge in [0.25, 0.3) is 0 Å². The molecule has 0 unspecified atom stereocenters. The van der Waals surface area contributed by atoms with E-state index in [1.807, 2.05) is 6.07 Å². The predicted molar refractivity (Wildman–Crippen MR) is 51.5 cm³/mol. The number of aryl methyl sites for hydroxylation is 2. The molecule has 1 aromatic rings. The Kier molecular flexibility index (Phi) is 2.45. The van der Waals surface area contributed by atoms with Gasteiger partial charge in [-0.15, -0.1) is 0 Å². The second-order valence-corrected chi connectivity index (χ2v) is 3.32. The summed E-state index contributed by atoms with van der Waals surface area (Å²) in [6.45, 7) is 0. The molecular formula is C10H14N2O. The fourth-order valence-corrected chi connectivity index (χ4v) is 1.74. The molecule has 0 atom stereocenters. The quantitative estimate of drug-likeness (QED) is 0.703. The topological polar surface area (TPSA) is 34.1 Å². The molecule has 0 spiro atoms. The van der Waals surface area contributed by atoms with Gasteiger partial charge in [-0.05, 0) is 37.3 Å². The van der Waals surface area contributed by atoms with Crippen LogP contribution >= 0.6 is 0 Å². The number of pyridine rings is 1. The lowest BCUT2D eigenvalue weighted by molar-refractivity contribution is 0.269. The zero-order valence-corrected chi connectivity index (χ0v) is 7.84. The Hall–Kier alpha value is -1.09. The summed E-state index contributed by atoms with van der Waals surface area (Å²) in [5.41, 5.74) is 5.37. The monoisotopic (exact) mass is 178 g/mol. The van der Waals surface area contributed by atoms with E-state index in [2.05, 4.69) is 16.5 Å². The number of aromatic nitrogens is 1. The summed E-state index contributed by atoms with van der Waals surface area (Å²) in [7, 11) is 1.60. The van der Waals surface area contributed by atoms with Crippen LogP contribution in [0.15, 0.2) is 12.1 Å². The van der Waals surface area contributed by atoms with Gasteiger partial charge < -0.3 is 0 Å². The molecule has 0 amide bonds. The minimum Gasteiger partial charge on any atom is -0.278 e. The number of hydrogen-bond acceptors (Lipinski definition) is 3. The van der Waals surface area contributed by atoms with E-state index in [0.29, 0.717) is 0 Å². The van der Waals surface area contributed by atoms with Crippen LogP contribution < -0.4 is 5.48 Å². The molecule has 0 bridgehead atoms. The van der Waals surface area contributed by atoms with E-state index in [-0.39, 0.29) is 0 Å². The van der Waals surface area contributed by atoms with Crippen molar-refractivity contribution in [2.24, 2.45) is 0 Å². The normalized spacial score (nSPS) is 15.2. The average molecular weight is 178 g/mol. The zero-order valence-electron chi connectivity index (χ0n) is 7.84. The molecular weight excluding hydrogens is 164 g/mol. The molecule has 0 fully saturated rings. The smallest absolute Gasteiger partial charge is 0.149 e. The largest absolute Gasteiger partial charge is 0.278 e. The SMILES string of the molecule is CONc1ccc2c(n1)CCCC2. The second-order valence-electron chi connectivity index (χ2n) is 3.32. The van der Waals surface area contributed by atoms with Crippen molar-refractivity contribution >= 4 is 5.82 Å². The van der Waals surface area contributed by atoms with Crippen molar-refractivity contribution in [1.29, 1.82) is 0 Å². The van der Waals surface area contributed by atoms with Crippen molar-refractivity contribution in [3.05, 3.63) is 23.4 Å².